The Labute approximate surface area is 154 Å². The van der Waals surface area contributed by atoms with Gasteiger partial charge < -0.3 is 5.11 Å². The first kappa shape index (κ1) is 18.1. The molecule has 1 aromatic heterocycles. The average molecular weight is 391 g/mol. The number of hydrogen-bond donors (Lipinski definition) is 1. The summed E-state index contributed by atoms with van der Waals surface area (Å²) in [5.74, 6) is -1.62. The van der Waals surface area contributed by atoms with E-state index in [4.69, 9.17) is 5.11 Å². The van der Waals surface area contributed by atoms with E-state index >= 15 is 0 Å². The molecule has 0 atom stereocenters. The summed E-state index contributed by atoms with van der Waals surface area (Å²) in [6, 6.07) is 13.8. The van der Waals surface area contributed by atoms with Crippen LogP contribution < -0.4 is 4.31 Å². The Morgan fingerprint density at radius 2 is 1.69 bits per heavy atom. The lowest BCUT2D eigenvalue weighted by Gasteiger charge is -2.24. The van der Waals surface area contributed by atoms with Gasteiger partial charge in [-0.25, -0.2) is 17.6 Å². The monoisotopic (exact) mass is 391 g/mol. The number of carbonyl (C=O) groups is 1. The van der Waals surface area contributed by atoms with Crippen molar-refractivity contribution in [3.8, 4) is 0 Å². The maximum Gasteiger partial charge on any atom is 0.335 e. The first-order valence-electron chi connectivity index (χ1n) is 7.52. The smallest absolute Gasteiger partial charge is 0.335 e. The predicted octanol–water partition coefficient (Wildman–Crippen LogP) is 3.98. The quantitative estimate of drug-likeness (QED) is 0.690. The standard InChI is InChI=1S/C18H14FNO4S2/c19-14-5-9-17(10-6-14)26(23,24)20(12-16-2-1-11-25-16)15-7-3-13(4-8-15)18(21)22/h1-11H,12H2,(H,21,22). The van der Waals surface area contributed by atoms with Crippen molar-refractivity contribution in [2.75, 3.05) is 4.31 Å². The summed E-state index contributed by atoms with van der Waals surface area (Å²) in [7, 11) is -3.95. The number of sulfonamides is 1. The van der Waals surface area contributed by atoms with E-state index in [2.05, 4.69) is 0 Å². The van der Waals surface area contributed by atoms with Crippen LogP contribution in [0.4, 0.5) is 10.1 Å². The summed E-state index contributed by atoms with van der Waals surface area (Å²) >= 11 is 1.41. The summed E-state index contributed by atoms with van der Waals surface area (Å²) < 4.78 is 40.5. The van der Waals surface area contributed by atoms with Crippen LogP contribution >= 0.6 is 11.3 Å². The normalized spacial score (nSPS) is 11.3. The second kappa shape index (κ2) is 7.27. The van der Waals surface area contributed by atoms with Crippen LogP contribution in [0.15, 0.2) is 70.9 Å². The third-order valence-corrected chi connectivity index (χ3v) is 6.33. The zero-order valence-electron chi connectivity index (χ0n) is 13.4. The van der Waals surface area contributed by atoms with Crippen molar-refractivity contribution in [3.05, 3.63) is 82.3 Å². The molecular weight excluding hydrogens is 377 g/mol. The number of carboxylic acids is 1. The molecule has 0 radical (unpaired) electrons. The van der Waals surface area contributed by atoms with E-state index in [-0.39, 0.29) is 17.0 Å². The van der Waals surface area contributed by atoms with Crippen LogP contribution in [0.2, 0.25) is 0 Å². The highest BCUT2D eigenvalue weighted by atomic mass is 32.2. The lowest BCUT2D eigenvalue weighted by atomic mass is 10.2. The molecule has 0 spiro atoms. The molecule has 1 N–H and O–H groups in total. The molecule has 0 aliphatic carbocycles. The summed E-state index contributed by atoms with van der Waals surface area (Å²) in [5.41, 5.74) is 0.386. The molecule has 0 unspecified atom stereocenters. The highest BCUT2D eigenvalue weighted by Gasteiger charge is 2.26. The molecule has 0 bridgehead atoms. The maximum atomic E-state index is 13.2. The van der Waals surface area contributed by atoms with Gasteiger partial charge in [-0.1, -0.05) is 6.07 Å². The second-order valence-electron chi connectivity index (χ2n) is 5.40. The number of rotatable bonds is 6. The molecule has 8 heteroatoms. The van der Waals surface area contributed by atoms with Crippen LogP contribution in [-0.4, -0.2) is 19.5 Å². The Kier molecular flexibility index (Phi) is 5.06. The van der Waals surface area contributed by atoms with Gasteiger partial charge in [0.1, 0.15) is 5.82 Å². The fraction of sp³-hybridized carbons (Fsp3) is 0.0556. The van der Waals surface area contributed by atoms with E-state index in [0.717, 1.165) is 17.0 Å². The predicted molar refractivity (Wildman–Crippen MR) is 97.5 cm³/mol. The van der Waals surface area contributed by atoms with Gasteiger partial charge in [0.05, 0.1) is 22.7 Å². The lowest BCUT2D eigenvalue weighted by molar-refractivity contribution is 0.0697. The van der Waals surface area contributed by atoms with E-state index in [1.807, 2.05) is 17.5 Å². The van der Waals surface area contributed by atoms with E-state index in [9.17, 15) is 17.6 Å². The first-order valence-corrected chi connectivity index (χ1v) is 9.84. The summed E-state index contributed by atoms with van der Waals surface area (Å²) in [4.78, 5) is 11.8. The van der Waals surface area contributed by atoms with E-state index in [1.165, 1.54) is 52.0 Å². The topological polar surface area (TPSA) is 74.7 Å². The molecule has 1 heterocycles. The van der Waals surface area contributed by atoms with E-state index < -0.39 is 21.8 Å². The molecule has 3 rings (SSSR count). The minimum absolute atomic E-state index is 0.0437. The fourth-order valence-electron chi connectivity index (χ4n) is 2.36. The van der Waals surface area contributed by atoms with Gasteiger partial charge in [0.2, 0.25) is 0 Å². The molecule has 0 aliphatic rings. The fourth-order valence-corrected chi connectivity index (χ4v) is 4.58. The molecule has 0 saturated carbocycles. The molecule has 5 nitrogen and oxygen atoms in total. The zero-order valence-corrected chi connectivity index (χ0v) is 15.0. The van der Waals surface area contributed by atoms with Crippen LogP contribution in [0.3, 0.4) is 0 Å². The second-order valence-corrected chi connectivity index (χ2v) is 8.29. The van der Waals surface area contributed by atoms with Crippen molar-refractivity contribution >= 4 is 33.0 Å². The van der Waals surface area contributed by atoms with Gasteiger partial charge in [0, 0.05) is 4.88 Å². The Morgan fingerprint density at radius 3 is 2.23 bits per heavy atom. The van der Waals surface area contributed by atoms with Crippen LogP contribution in [0.1, 0.15) is 15.2 Å². The third kappa shape index (κ3) is 3.76. The van der Waals surface area contributed by atoms with E-state index in [0.29, 0.717) is 5.69 Å². The van der Waals surface area contributed by atoms with Gasteiger partial charge in [-0.3, -0.25) is 4.31 Å². The first-order chi connectivity index (χ1) is 12.4. The number of carboxylic acid groups (broad SMARTS) is 1. The number of hydrogen-bond acceptors (Lipinski definition) is 4. The van der Waals surface area contributed by atoms with Crippen molar-refractivity contribution in [1.82, 2.24) is 0 Å². The minimum atomic E-state index is -3.95. The molecule has 0 saturated heterocycles. The molecule has 26 heavy (non-hydrogen) atoms. The van der Waals surface area contributed by atoms with Crippen molar-refractivity contribution in [2.45, 2.75) is 11.4 Å². The van der Waals surface area contributed by atoms with Gasteiger partial charge in [-0.05, 0) is 60.0 Å². The Hall–Kier alpha value is -2.71. The van der Waals surface area contributed by atoms with Crippen LogP contribution in [-0.2, 0) is 16.6 Å². The molecule has 0 aliphatic heterocycles. The molecule has 0 fully saturated rings. The van der Waals surface area contributed by atoms with Crippen LogP contribution in [0, 0.1) is 5.82 Å². The average Bonchev–Trinajstić information content (AvgIpc) is 3.13. The van der Waals surface area contributed by atoms with Crippen molar-refractivity contribution in [3.63, 3.8) is 0 Å². The highest BCUT2D eigenvalue weighted by Crippen LogP contribution is 2.27. The number of aromatic carboxylic acids is 1. The number of halogens is 1. The number of thiophene rings is 1. The largest absolute Gasteiger partial charge is 0.478 e. The minimum Gasteiger partial charge on any atom is -0.478 e. The van der Waals surface area contributed by atoms with Crippen molar-refractivity contribution in [1.29, 1.82) is 0 Å². The van der Waals surface area contributed by atoms with Gasteiger partial charge >= 0.3 is 5.97 Å². The Bertz CT molecular complexity index is 998. The molecule has 3 aromatic rings. The van der Waals surface area contributed by atoms with Gasteiger partial charge in [0.25, 0.3) is 10.0 Å². The SMILES string of the molecule is O=C(O)c1ccc(N(Cc2cccs2)S(=O)(=O)c2ccc(F)cc2)cc1. The molecular formula is C18H14FNO4S2. The summed E-state index contributed by atoms with van der Waals surface area (Å²) in [6.07, 6.45) is 0. The van der Waals surface area contributed by atoms with Gasteiger partial charge in [-0.2, -0.15) is 0 Å². The number of benzene rings is 2. The maximum absolute atomic E-state index is 13.2. The Morgan fingerprint density at radius 1 is 1.04 bits per heavy atom. The van der Waals surface area contributed by atoms with Crippen molar-refractivity contribution < 1.29 is 22.7 Å². The molecule has 134 valence electrons. The van der Waals surface area contributed by atoms with Gasteiger partial charge in [0.15, 0.2) is 0 Å². The van der Waals surface area contributed by atoms with Crippen LogP contribution in [0.5, 0.6) is 0 Å². The summed E-state index contributed by atoms with van der Waals surface area (Å²) in [6.45, 7) is 0.0871. The number of nitrogens with zero attached hydrogens (tertiary/aromatic N) is 1. The van der Waals surface area contributed by atoms with E-state index in [1.54, 1.807) is 0 Å². The van der Waals surface area contributed by atoms with Crippen LogP contribution in [0.25, 0.3) is 0 Å². The summed E-state index contributed by atoms with van der Waals surface area (Å²) in [5, 5.41) is 10.9. The van der Waals surface area contributed by atoms with Gasteiger partial charge in [-0.15, -0.1) is 11.3 Å². The highest BCUT2D eigenvalue weighted by molar-refractivity contribution is 7.92. The molecule has 0 amide bonds. The number of anilines is 1. The lowest BCUT2D eigenvalue weighted by Crippen LogP contribution is -2.30. The molecule has 2 aromatic carbocycles. The Balaban J connectivity index is 2.05. The third-order valence-electron chi connectivity index (χ3n) is 3.68. The zero-order chi connectivity index (χ0) is 18.7. The van der Waals surface area contributed by atoms with Crippen molar-refractivity contribution in [2.24, 2.45) is 0 Å².